The van der Waals surface area contributed by atoms with Gasteiger partial charge in [-0.05, 0) is 73.7 Å². The highest BCUT2D eigenvalue weighted by Gasteiger charge is 2.25. The number of likely N-dealkylation sites (tertiary alicyclic amines) is 1. The van der Waals surface area contributed by atoms with Crippen LogP contribution in [0.3, 0.4) is 0 Å². The lowest BCUT2D eigenvalue weighted by atomic mass is 9.98. The summed E-state index contributed by atoms with van der Waals surface area (Å²) in [5.41, 5.74) is 2.14. The van der Waals surface area contributed by atoms with Gasteiger partial charge in [0.05, 0.1) is 18.5 Å². The van der Waals surface area contributed by atoms with Crippen molar-refractivity contribution >= 4 is 17.7 Å². The molecular formula is C31H30N4O5. The van der Waals surface area contributed by atoms with Crippen LogP contribution in [0.4, 0.5) is 10.5 Å². The number of nitrogens with one attached hydrogen (secondary N) is 1. The molecule has 9 nitrogen and oxygen atoms in total. The fourth-order valence-electron chi connectivity index (χ4n) is 4.20. The number of pyridine rings is 2. The smallest absolute Gasteiger partial charge is 0.416 e. The van der Waals surface area contributed by atoms with Crippen molar-refractivity contribution in [3.63, 3.8) is 0 Å². The summed E-state index contributed by atoms with van der Waals surface area (Å²) < 4.78 is 17.2. The third-order valence-electron chi connectivity index (χ3n) is 6.51. The molecule has 1 N–H and O–H groups in total. The second-order valence-electron chi connectivity index (χ2n) is 9.56. The highest BCUT2D eigenvalue weighted by molar-refractivity contribution is 6.04. The molecule has 2 amide bonds. The van der Waals surface area contributed by atoms with Gasteiger partial charge in [0.25, 0.3) is 5.91 Å². The minimum absolute atomic E-state index is 0.179. The van der Waals surface area contributed by atoms with Gasteiger partial charge in [0.15, 0.2) is 0 Å². The van der Waals surface area contributed by atoms with E-state index in [0.29, 0.717) is 48.5 Å². The first-order valence-corrected chi connectivity index (χ1v) is 13.1. The molecule has 0 atom stereocenters. The van der Waals surface area contributed by atoms with Crippen LogP contribution in [0.2, 0.25) is 0 Å². The van der Waals surface area contributed by atoms with Crippen LogP contribution in [-0.4, -0.2) is 46.6 Å². The summed E-state index contributed by atoms with van der Waals surface area (Å²) >= 11 is 0. The Balaban J connectivity index is 1.02. The van der Waals surface area contributed by atoms with E-state index < -0.39 is 6.09 Å². The van der Waals surface area contributed by atoms with Crippen molar-refractivity contribution in [3.05, 3.63) is 102 Å². The Labute approximate surface area is 232 Å². The van der Waals surface area contributed by atoms with Crippen molar-refractivity contribution < 1.29 is 23.8 Å². The molecule has 0 aliphatic carbocycles. The Bertz CT molecular complexity index is 1400. The first-order valence-electron chi connectivity index (χ1n) is 13.1. The summed E-state index contributed by atoms with van der Waals surface area (Å²) in [6.07, 6.45) is 4.42. The summed E-state index contributed by atoms with van der Waals surface area (Å²) in [4.78, 5) is 35.0. The second-order valence-corrected chi connectivity index (χ2v) is 9.56. The topological polar surface area (TPSA) is 103 Å². The number of ether oxygens (including phenoxy) is 3. The predicted molar refractivity (Wildman–Crippen MR) is 150 cm³/mol. The lowest BCUT2D eigenvalue weighted by molar-refractivity contribution is 0.102. The molecule has 2 aromatic heterocycles. The van der Waals surface area contributed by atoms with E-state index in [1.165, 1.54) is 6.20 Å². The van der Waals surface area contributed by atoms with E-state index in [0.717, 1.165) is 24.2 Å². The molecule has 1 aliphatic rings. The summed E-state index contributed by atoms with van der Waals surface area (Å²) in [6, 6.07) is 23.4. The molecule has 0 unspecified atom stereocenters. The van der Waals surface area contributed by atoms with Crippen LogP contribution in [0.5, 0.6) is 23.3 Å². The van der Waals surface area contributed by atoms with E-state index >= 15 is 0 Å². The van der Waals surface area contributed by atoms with Gasteiger partial charge in [0.1, 0.15) is 11.5 Å². The zero-order valence-electron chi connectivity index (χ0n) is 22.2. The van der Waals surface area contributed by atoms with Crippen LogP contribution in [0.25, 0.3) is 0 Å². The van der Waals surface area contributed by atoms with Crippen molar-refractivity contribution in [3.8, 4) is 23.3 Å². The number of hydrogen-bond donors (Lipinski definition) is 1. The van der Waals surface area contributed by atoms with Gasteiger partial charge in [-0.25, -0.2) is 14.8 Å². The number of aryl methyl sites for hydroxylation is 1. The number of carbonyl (C=O) groups excluding carboxylic acids is 2. The van der Waals surface area contributed by atoms with Crippen LogP contribution in [0.1, 0.15) is 28.8 Å². The van der Waals surface area contributed by atoms with Crippen molar-refractivity contribution in [2.24, 2.45) is 5.92 Å². The first-order chi connectivity index (χ1) is 19.5. The molecule has 1 aliphatic heterocycles. The largest absolute Gasteiger partial charge is 0.493 e. The zero-order chi connectivity index (χ0) is 27.7. The number of rotatable bonds is 8. The van der Waals surface area contributed by atoms with Gasteiger partial charge in [-0.2, -0.15) is 0 Å². The number of piperidine rings is 1. The maximum Gasteiger partial charge on any atom is 0.416 e. The van der Waals surface area contributed by atoms with E-state index in [-0.39, 0.29) is 11.8 Å². The average Bonchev–Trinajstić information content (AvgIpc) is 2.99. The van der Waals surface area contributed by atoms with E-state index in [4.69, 9.17) is 14.2 Å². The number of carbonyl (C=O) groups is 2. The van der Waals surface area contributed by atoms with Crippen LogP contribution in [-0.2, 0) is 0 Å². The third-order valence-corrected chi connectivity index (χ3v) is 6.51. The van der Waals surface area contributed by atoms with Crippen molar-refractivity contribution in [1.82, 2.24) is 14.9 Å². The van der Waals surface area contributed by atoms with E-state index in [9.17, 15) is 9.59 Å². The maximum absolute atomic E-state index is 12.6. The van der Waals surface area contributed by atoms with Crippen LogP contribution >= 0.6 is 0 Å². The quantitative estimate of drug-likeness (QED) is 0.288. The molecule has 204 valence electrons. The Morgan fingerprint density at radius 3 is 2.23 bits per heavy atom. The SMILES string of the molecule is Cc1ccc(Oc2ccc(OCC3CCN(C(=O)Oc4ccc(NC(=O)c5ccccc5)cn4)CC3)cc2)nc1. The van der Waals surface area contributed by atoms with Gasteiger partial charge < -0.3 is 24.4 Å². The number of benzene rings is 2. The van der Waals surface area contributed by atoms with Gasteiger partial charge in [-0.1, -0.05) is 24.3 Å². The summed E-state index contributed by atoms with van der Waals surface area (Å²) in [5.74, 6) is 2.28. The van der Waals surface area contributed by atoms with Gasteiger partial charge in [0.2, 0.25) is 11.8 Å². The highest BCUT2D eigenvalue weighted by Crippen LogP contribution is 2.25. The van der Waals surface area contributed by atoms with Gasteiger partial charge >= 0.3 is 6.09 Å². The molecular weight excluding hydrogens is 508 g/mol. The zero-order valence-corrected chi connectivity index (χ0v) is 22.2. The molecule has 2 aromatic carbocycles. The number of nitrogens with zero attached hydrogens (tertiary/aromatic N) is 3. The molecule has 1 fully saturated rings. The summed E-state index contributed by atoms with van der Waals surface area (Å²) in [6.45, 7) is 3.70. The van der Waals surface area contributed by atoms with Crippen LogP contribution in [0, 0.1) is 12.8 Å². The lowest BCUT2D eigenvalue weighted by Gasteiger charge is -2.30. The van der Waals surface area contributed by atoms with E-state index in [1.54, 1.807) is 47.5 Å². The Hall–Kier alpha value is -4.92. The Morgan fingerprint density at radius 2 is 1.55 bits per heavy atom. The van der Waals surface area contributed by atoms with E-state index in [1.807, 2.05) is 49.4 Å². The molecule has 40 heavy (non-hydrogen) atoms. The van der Waals surface area contributed by atoms with Gasteiger partial charge in [-0.15, -0.1) is 0 Å². The number of aromatic nitrogens is 2. The minimum Gasteiger partial charge on any atom is -0.493 e. The van der Waals surface area contributed by atoms with Gasteiger partial charge in [0, 0.05) is 37.0 Å². The van der Waals surface area contributed by atoms with Crippen molar-refractivity contribution in [1.29, 1.82) is 0 Å². The molecule has 4 aromatic rings. The van der Waals surface area contributed by atoms with Crippen molar-refractivity contribution in [2.45, 2.75) is 19.8 Å². The molecule has 3 heterocycles. The lowest BCUT2D eigenvalue weighted by Crippen LogP contribution is -2.41. The summed E-state index contributed by atoms with van der Waals surface area (Å²) in [5, 5.41) is 2.77. The molecule has 5 rings (SSSR count). The molecule has 9 heteroatoms. The third kappa shape index (κ3) is 7.35. The average molecular weight is 539 g/mol. The fourth-order valence-corrected chi connectivity index (χ4v) is 4.20. The number of anilines is 1. The van der Waals surface area contributed by atoms with Crippen LogP contribution < -0.4 is 19.5 Å². The Morgan fingerprint density at radius 1 is 0.850 bits per heavy atom. The van der Waals surface area contributed by atoms with E-state index in [2.05, 4.69) is 15.3 Å². The monoisotopic (exact) mass is 538 g/mol. The molecule has 0 spiro atoms. The fraction of sp³-hybridized carbons (Fsp3) is 0.226. The number of amides is 2. The molecule has 1 saturated heterocycles. The highest BCUT2D eigenvalue weighted by atomic mass is 16.6. The normalized spacial score (nSPS) is 13.4. The molecule has 0 bridgehead atoms. The van der Waals surface area contributed by atoms with Gasteiger partial charge in [-0.3, -0.25) is 4.79 Å². The first kappa shape index (κ1) is 26.7. The minimum atomic E-state index is -0.438. The van der Waals surface area contributed by atoms with Crippen LogP contribution in [0.15, 0.2) is 91.3 Å². The molecule has 0 saturated carbocycles. The molecule has 0 radical (unpaired) electrons. The Kier molecular flexibility index (Phi) is 8.50. The predicted octanol–water partition coefficient (Wildman–Crippen LogP) is 6.12. The number of hydrogen-bond acceptors (Lipinski definition) is 7. The van der Waals surface area contributed by atoms with Crippen molar-refractivity contribution in [2.75, 3.05) is 25.0 Å². The second kappa shape index (κ2) is 12.8. The summed E-state index contributed by atoms with van der Waals surface area (Å²) in [7, 11) is 0. The standard InChI is InChI=1S/C31H30N4O5/c1-22-7-13-28(32-19-22)39-27-11-9-26(10-12-27)38-21-23-15-17-35(18-16-23)31(37)40-29-14-8-25(20-33-29)34-30(36)24-5-3-2-4-6-24/h2-14,19-20,23H,15-18,21H2,1H3,(H,34,36). The maximum atomic E-state index is 12.6.